The Morgan fingerprint density at radius 1 is 1.29 bits per heavy atom. The average Bonchev–Trinajstić information content (AvgIpc) is 2.28. The summed E-state index contributed by atoms with van der Waals surface area (Å²) in [6.07, 6.45) is 2.51. The van der Waals surface area contributed by atoms with Crippen molar-refractivity contribution in [3.8, 4) is 0 Å². The lowest BCUT2D eigenvalue weighted by atomic mass is 9.80. The zero-order chi connectivity index (χ0) is 12.9. The number of nitrogens with one attached hydrogen (secondary N) is 2. The molecule has 0 radical (unpaired) electrons. The van der Waals surface area contributed by atoms with Crippen LogP contribution in [0.3, 0.4) is 0 Å². The van der Waals surface area contributed by atoms with Crippen molar-refractivity contribution in [1.29, 1.82) is 0 Å². The molecule has 4 heteroatoms. The normalized spacial score (nSPS) is 20.3. The standard InChI is InChI=1S/C13H27N3S/c1-11(2)9-14-12(17)15-10-13(3)5-7-16(4)8-6-13/h11H,5-10H2,1-4H3,(H2,14,15,17). The largest absolute Gasteiger partial charge is 0.362 e. The Bertz CT molecular complexity index is 245. The maximum absolute atomic E-state index is 5.28. The van der Waals surface area contributed by atoms with Gasteiger partial charge in [-0.3, -0.25) is 0 Å². The van der Waals surface area contributed by atoms with Crippen LogP contribution in [0.2, 0.25) is 0 Å². The highest BCUT2D eigenvalue weighted by Crippen LogP contribution is 2.29. The minimum atomic E-state index is 0.399. The van der Waals surface area contributed by atoms with Crippen molar-refractivity contribution in [3.05, 3.63) is 0 Å². The Labute approximate surface area is 111 Å². The summed E-state index contributed by atoms with van der Waals surface area (Å²) in [7, 11) is 2.20. The Morgan fingerprint density at radius 2 is 1.88 bits per heavy atom. The number of rotatable bonds is 4. The van der Waals surface area contributed by atoms with E-state index in [1.54, 1.807) is 0 Å². The second-order valence-corrected chi connectivity index (χ2v) is 6.48. The number of likely N-dealkylation sites (tertiary alicyclic amines) is 1. The molecule has 1 aliphatic heterocycles. The van der Waals surface area contributed by atoms with Crippen LogP contribution < -0.4 is 10.6 Å². The van der Waals surface area contributed by atoms with Crippen molar-refractivity contribution in [2.24, 2.45) is 11.3 Å². The summed E-state index contributed by atoms with van der Waals surface area (Å²) in [5, 5.41) is 7.43. The third-order valence-electron chi connectivity index (χ3n) is 3.54. The first-order valence-corrected chi connectivity index (χ1v) is 7.02. The molecule has 0 aromatic rings. The highest BCUT2D eigenvalue weighted by Gasteiger charge is 2.28. The molecule has 0 bridgehead atoms. The average molecular weight is 257 g/mol. The molecule has 1 rings (SSSR count). The lowest BCUT2D eigenvalue weighted by Crippen LogP contribution is -2.46. The van der Waals surface area contributed by atoms with Crippen LogP contribution in [0.4, 0.5) is 0 Å². The van der Waals surface area contributed by atoms with Crippen molar-refractivity contribution in [2.45, 2.75) is 33.6 Å². The van der Waals surface area contributed by atoms with Crippen LogP contribution in [0.15, 0.2) is 0 Å². The van der Waals surface area contributed by atoms with Gasteiger partial charge in [-0.1, -0.05) is 20.8 Å². The molecule has 1 fully saturated rings. The van der Waals surface area contributed by atoms with E-state index < -0.39 is 0 Å². The first-order valence-electron chi connectivity index (χ1n) is 6.61. The van der Waals surface area contributed by atoms with Gasteiger partial charge in [0.25, 0.3) is 0 Å². The van der Waals surface area contributed by atoms with Crippen LogP contribution in [0, 0.1) is 11.3 Å². The minimum absolute atomic E-state index is 0.399. The van der Waals surface area contributed by atoms with Gasteiger partial charge in [-0.05, 0) is 56.5 Å². The topological polar surface area (TPSA) is 27.3 Å². The van der Waals surface area contributed by atoms with Gasteiger partial charge in [-0.25, -0.2) is 0 Å². The van der Waals surface area contributed by atoms with E-state index in [-0.39, 0.29) is 0 Å². The SMILES string of the molecule is CC(C)CNC(=S)NCC1(C)CCN(C)CC1. The molecule has 17 heavy (non-hydrogen) atoms. The van der Waals surface area contributed by atoms with Crippen LogP contribution >= 0.6 is 12.2 Å². The molecule has 2 N–H and O–H groups in total. The Hall–Kier alpha value is -0.350. The summed E-state index contributed by atoms with van der Waals surface area (Å²) in [6.45, 7) is 11.1. The zero-order valence-electron chi connectivity index (χ0n) is 11.7. The molecule has 100 valence electrons. The fourth-order valence-electron chi connectivity index (χ4n) is 1.99. The fraction of sp³-hybridized carbons (Fsp3) is 0.923. The van der Waals surface area contributed by atoms with Gasteiger partial charge in [0.05, 0.1) is 0 Å². The van der Waals surface area contributed by atoms with Gasteiger partial charge in [-0.2, -0.15) is 0 Å². The van der Waals surface area contributed by atoms with E-state index in [2.05, 4.69) is 43.4 Å². The molecular formula is C13H27N3S. The second-order valence-electron chi connectivity index (χ2n) is 6.07. The molecule has 1 heterocycles. The molecule has 0 spiro atoms. The van der Waals surface area contributed by atoms with Crippen LogP contribution in [-0.2, 0) is 0 Å². The maximum Gasteiger partial charge on any atom is 0.166 e. The molecule has 3 nitrogen and oxygen atoms in total. The van der Waals surface area contributed by atoms with Crippen LogP contribution in [-0.4, -0.2) is 43.2 Å². The highest BCUT2D eigenvalue weighted by molar-refractivity contribution is 7.80. The Kier molecular flexibility index (Phi) is 5.67. The van der Waals surface area contributed by atoms with E-state index >= 15 is 0 Å². The summed E-state index contributed by atoms with van der Waals surface area (Å²) in [5.74, 6) is 0.633. The third-order valence-corrected chi connectivity index (χ3v) is 3.83. The lowest BCUT2D eigenvalue weighted by Gasteiger charge is -2.38. The third kappa shape index (κ3) is 5.68. The monoisotopic (exact) mass is 257 g/mol. The first-order chi connectivity index (χ1) is 7.91. The number of hydrogen-bond donors (Lipinski definition) is 2. The van der Waals surface area contributed by atoms with Crippen LogP contribution in [0.5, 0.6) is 0 Å². The van der Waals surface area contributed by atoms with Crippen molar-refractivity contribution < 1.29 is 0 Å². The molecule has 0 aliphatic carbocycles. The zero-order valence-corrected chi connectivity index (χ0v) is 12.5. The van der Waals surface area contributed by atoms with Gasteiger partial charge >= 0.3 is 0 Å². The summed E-state index contributed by atoms with van der Waals surface area (Å²) in [4.78, 5) is 2.40. The van der Waals surface area contributed by atoms with E-state index in [4.69, 9.17) is 12.2 Å². The van der Waals surface area contributed by atoms with Crippen molar-refractivity contribution >= 4 is 17.3 Å². The smallest absolute Gasteiger partial charge is 0.166 e. The Morgan fingerprint density at radius 3 is 2.41 bits per heavy atom. The lowest BCUT2D eigenvalue weighted by molar-refractivity contribution is 0.142. The van der Waals surface area contributed by atoms with E-state index in [0.717, 1.165) is 18.2 Å². The van der Waals surface area contributed by atoms with E-state index in [1.165, 1.54) is 25.9 Å². The van der Waals surface area contributed by atoms with Gasteiger partial charge in [0.2, 0.25) is 0 Å². The van der Waals surface area contributed by atoms with E-state index in [9.17, 15) is 0 Å². The summed E-state index contributed by atoms with van der Waals surface area (Å²) >= 11 is 5.28. The molecule has 0 aromatic heterocycles. The molecule has 0 aromatic carbocycles. The van der Waals surface area contributed by atoms with E-state index in [1.807, 2.05) is 0 Å². The van der Waals surface area contributed by atoms with Crippen LogP contribution in [0.1, 0.15) is 33.6 Å². The second kappa shape index (κ2) is 6.55. The van der Waals surface area contributed by atoms with Crippen molar-refractivity contribution in [3.63, 3.8) is 0 Å². The highest BCUT2D eigenvalue weighted by atomic mass is 32.1. The van der Waals surface area contributed by atoms with E-state index in [0.29, 0.717) is 11.3 Å². The molecule has 0 atom stereocenters. The molecule has 0 unspecified atom stereocenters. The number of nitrogens with zero attached hydrogens (tertiary/aromatic N) is 1. The fourth-order valence-corrected chi connectivity index (χ4v) is 2.14. The quantitative estimate of drug-likeness (QED) is 0.752. The predicted octanol–water partition coefficient (Wildman–Crippen LogP) is 1.84. The Balaban J connectivity index is 2.23. The van der Waals surface area contributed by atoms with Crippen molar-refractivity contribution in [2.75, 3.05) is 33.2 Å². The van der Waals surface area contributed by atoms with Gasteiger partial charge in [0, 0.05) is 13.1 Å². The predicted molar refractivity (Wildman–Crippen MR) is 78.3 cm³/mol. The number of hydrogen-bond acceptors (Lipinski definition) is 2. The van der Waals surface area contributed by atoms with Crippen LogP contribution in [0.25, 0.3) is 0 Å². The van der Waals surface area contributed by atoms with Crippen molar-refractivity contribution in [1.82, 2.24) is 15.5 Å². The molecule has 1 aliphatic rings. The van der Waals surface area contributed by atoms with Gasteiger partial charge in [0.15, 0.2) is 5.11 Å². The molecule has 0 amide bonds. The summed E-state index contributed by atoms with van der Waals surface area (Å²) in [6, 6.07) is 0. The number of piperidine rings is 1. The molecule has 0 saturated carbocycles. The van der Waals surface area contributed by atoms with Gasteiger partial charge < -0.3 is 15.5 Å². The molecule has 1 saturated heterocycles. The van der Waals surface area contributed by atoms with Gasteiger partial charge in [-0.15, -0.1) is 0 Å². The minimum Gasteiger partial charge on any atom is -0.362 e. The first kappa shape index (κ1) is 14.7. The maximum atomic E-state index is 5.28. The summed E-state index contributed by atoms with van der Waals surface area (Å²) < 4.78 is 0. The molecular weight excluding hydrogens is 230 g/mol. The number of thiocarbonyl (C=S) groups is 1. The van der Waals surface area contributed by atoms with Gasteiger partial charge in [0.1, 0.15) is 0 Å². The summed E-state index contributed by atoms with van der Waals surface area (Å²) in [5.41, 5.74) is 0.399.